The molecule has 2 heterocycles. The highest BCUT2D eigenvalue weighted by Crippen LogP contribution is 2.34. The summed E-state index contributed by atoms with van der Waals surface area (Å²) in [4.78, 5) is 39.9. The molecule has 1 N–H and O–H groups in total. The Labute approximate surface area is 163 Å². The first kappa shape index (κ1) is 18.2. The van der Waals surface area contributed by atoms with Crippen molar-refractivity contribution in [3.63, 3.8) is 0 Å². The van der Waals surface area contributed by atoms with Gasteiger partial charge in [0.15, 0.2) is 0 Å². The largest absolute Gasteiger partial charge is 0.481 e. The number of anilines is 1. The Morgan fingerprint density at radius 3 is 2.29 bits per heavy atom. The van der Waals surface area contributed by atoms with E-state index in [1.54, 1.807) is 34.1 Å². The molecule has 0 saturated carbocycles. The third-order valence-corrected chi connectivity index (χ3v) is 5.65. The fourth-order valence-electron chi connectivity index (χ4n) is 4.15. The van der Waals surface area contributed by atoms with E-state index in [2.05, 4.69) is 0 Å². The molecule has 144 valence electrons. The van der Waals surface area contributed by atoms with Crippen molar-refractivity contribution in [1.82, 2.24) is 4.90 Å². The monoisotopic (exact) mass is 378 g/mol. The maximum Gasteiger partial charge on any atom is 0.308 e. The molecule has 0 aliphatic carbocycles. The SMILES string of the molecule is O=C(O)C1CN(C(=O)c2ccc(N3CCCC3=O)cc2)CC1c1ccccc1. The molecule has 2 atom stereocenters. The van der Waals surface area contributed by atoms with Crippen LogP contribution in [0.5, 0.6) is 0 Å². The Morgan fingerprint density at radius 1 is 0.964 bits per heavy atom. The van der Waals surface area contributed by atoms with Crippen LogP contribution >= 0.6 is 0 Å². The van der Waals surface area contributed by atoms with E-state index >= 15 is 0 Å². The zero-order valence-electron chi connectivity index (χ0n) is 15.5. The predicted molar refractivity (Wildman–Crippen MR) is 104 cm³/mol. The molecule has 2 aromatic rings. The van der Waals surface area contributed by atoms with Gasteiger partial charge in [-0.1, -0.05) is 30.3 Å². The summed E-state index contributed by atoms with van der Waals surface area (Å²) in [6.07, 6.45) is 1.41. The lowest BCUT2D eigenvalue weighted by atomic mass is 9.89. The van der Waals surface area contributed by atoms with Crippen LogP contribution in [0.3, 0.4) is 0 Å². The second kappa shape index (κ2) is 7.46. The number of carboxylic acid groups (broad SMARTS) is 1. The molecule has 28 heavy (non-hydrogen) atoms. The number of carbonyl (C=O) groups excluding carboxylic acids is 2. The molecule has 2 unspecified atom stereocenters. The number of carbonyl (C=O) groups is 3. The fraction of sp³-hybridized carbons (Fsp3) is 0.318. The summed E-state index contributed by atoms with van der Waals surface area (Å²) < 4.78 is 0. The first-order chi connectivity index (χ1) is 13.5. The summed E-state index contributed by atoms with van der Waals surface area (Å²) in [6.45, 7) is 1.28. The lowest BCUT2D eigenvalue weighted by Crippen LogP contribution is -2.30. The van der Waals surface area contributed by atoms with Gasteiger partial charge in [0, 0.05) is 43.2 Å². The van der Waals surface area contributed by atoms with Crippen LogP contribution in [0.25, 0.3) is 0 Å². The number of aliphatic carboxylic acids is 1. The van der Waals surface area contributed by atoms with Gasteiger partial charge in [0.1, 0.15) is 0 Å². The number of nitrogens with zero attached hydrogens (tertiary/aromatic N) is 2. The van der Waals surface area contributed by atoms with Gasteiger partial charge in [-0.3, -0.25) is 14.4 Å². The number of hydrogen-bond acceptors (Lipinski definition) is 3. The maximum absolute atomic E-state index is 12.9. The molecule has 0 radical (unpaired) electrons. The summed E-state index contributed by atoms with van der Waals surface area (Å²) in [6, 6.07) is 16.5. The fourth-order valence-corrected chi connectivity index (χ4v) is 4.15. The summed E-state index contributed by atoms with van der Waals surface area (Å²) in [5.41, 5.74) is 2.24. The van der Waals surface area contributed by atoms with Crippen molar-refractivity contribution in [2.75, 3.05) is 24.5 Å². The molecule has 2 amide bonds. The van der Waals surface area contributed by atoms with Gasteiger partial charge in [0.25, 0.3) is 5.91 Å². The van der Waals surface area contributed by atoms with E-state index in [0.29, 0.717) is 25.1 Å². The highest BCUT2D eigenvalue weighted by Gasteiger charge is 2.40. The molecule has 2 fully saturated rings. The smallest absolute Gasteiger partial charge is 0.308 e. The van der Waals surface area contributed by atoms with Gasteiger partial charge < -0.3 is 14.9 Å². The summed E-state index contributed by atoms with van der Waals surface area (Å²) in [5, 5.41) is 9.62. The zero-order chi connectivity index (χ0) is 19.7. The molecular weight excluding hydrogens is 356 g/mol. The number of benzene rings is 2. The third-order valence-electron chi connectivity index (χ3n) is 5.65. The predicted octanol–water partition coefficient (Wildman–Crippen LogP) is 2.75. The minimum absolute atomic E-state index is 0.105. The quantitative estimate of drug-likeness (QED) is 0.887. The Kier molecular flexibility index (Phi) is 4.86. The van der Waals surface area contributed by atoms with Crippen LogP contribution in [-0.2, 0) is 9.59 Å². The van der Waals surface area contributed by atoms with Crippen molar-refractivity contribution >= 4 is 23.5 Å². The summed E-state index contributed by atoms with van der Waals surface area (Å²) >= 11 is 0. The third kappa shape index (κ3) is 3.38. The molecule has 0 aromatic heterocycles. The van der Waals surface area contributed by atoms with Crippen LogP contribution in [0, 0.1) is 5.92 Å². The van der Waals surface area contributed by atoms with Crippen molar-refractivity contribution in [2.45, 2.75) is 18.8 Å². The number of amides is 2. The van der Waals surface area contributed by atoms with Gasteiger partial charge in [-0.2, -0.15) is 0 Å². The van der Waals surface area contributed by atoms with E-state index in [1.807, 2.05) is 30.3 Å². The minimum atomic E-state index is -0.882. The molecule has 6 nitrogen and oxygen atoms in total. The molecule has 0 bridgehead atoms. The lowest BCUT2D eigenvalue weighted by Gasteiger charge is -2.18. The van der Waals surface area contributed by atoms with E-state index < -0.39 is 11.9 Å². The maximum atomic E-state index is 12.9. The van der Waals surface area contributed by atoms with E-state index in [9.17, 15) is 19.5 Å². The van der Waals surface area contributed by atoms with Crippen LogP contribution in [0.4, 0.5) is 5.69 Å². The number of hydrogen-bond donors (Lipinski definition) is 1. The van der Waals surface area contributed by atoms with Crippen LogP contribution in [0.15, 0.2) is 54.6 Å². The highest BCUT2D eigenvalue weighted by molar-refractivity contribution is 5.98. The van der Waals surface area contributed by atoms with Crippen molar-refractivity contribution in [3.05, 3.63) is 65.7 Å². The molecule has 0 spiro atoms. The molecule has 2 aliphatic heterocycles. The zero-order valence-corrected chi connectivity index (χ0v) is 15.5. The van der Waals surface area contributed by atoms with Crippen LogP contribution in [-0.4, -0.2) is 47.4 Å². The van der Waals surface area contributed by atoms with Crippen molar-refractivity contribution in [3.8, 4) is 0 Å². The van der Waals surface area contributed by atoms with Gasteiger partial charge in [-0.05, 0) is 36.2 Å². The molecule has 2 saturated heterocycles. The normalized spacial score (nSPS) is 21.9. The van der Waals surface area contributed by atoms with Gasteiger partial charge >= 0.3 is 5.97 Å². The van der Waals surface area contributed by atoms with Crippen molar-refractivity contribution < 1.29 is 19.5 Å². The molecular formula is C22H22N2O4. The Bertz CT molecular complexity index is 895. The Balaban J connectivity index is 1.51. The van der Waals surface area contributed by atoms with Gasteiger partial charge in [-0.25, -0.2) is 0 Å². The van der Waals surface area contributed by atoms with Crippen molar-refractivity contribution in [2.24, 2.45) is 5.92 Å². The lowest BCUT2D eigenvalue weighted by molar-refractivity contribution is -0.141. The van der Waals surface area contributed by atoms with Crippen LogP contribution in [0.2, 0.25) is 0 Å². The first-order valence-corrected chi connectivity index (χ1v) is 9.52. The summed E-state index contributed by atoms with van der Waals surface area (Å²) in [5.74, 6) is -1.79. The number of likely N-dealkylation sites (tertiary alicyclic amines) is 1. The Morgan fingerprint density at radius 2 is 1.68 bits per heavy atom. The second-order valence-corrected chi connectivity index (χ2v) is 7.37. The molecule has 6 heteroatoms. The topological polar surface area (TPSA) is 77.9 Å². The minimum Gasteiger partial charge on any atom is -0.481 e. The van der Waals surface area contributed by atoms with Crippen LogP contribution < -0.4 is 4.90 Å². The highest BCUT2D eigenvalue weighted by atomic mass is 16.4. The molecule has 2 aromatic carbocycles. The number of rotatable bonds is 4. The van der Waals surface area contributed by atoms with Gasteiger partial charge in [0.2, 0.25) is 5.91 Å². The standard InChI is InChI=1S/C22H22N2O4/c25-20-7-4-12-24(20)17-10-8-16(9-11-17)21(26)23-13-18(19(14-23)22(27)28)15-5-2-1-3-6-15/h1-3,5-6,8-11,18-19H,4,7,12-14H2,(H,27,28). The second-order valence-electron chi connectivity index (χ2n) is 7.37. The molecule has 2 aliphatic rings. The molecule has 4 rings (SSSR count). The van der Waals surface area contributed by atoms with Gasteiger partial charge in [0.05, 0.1) is 5.92 Å². The van der Waals surface area contributed by atoms with E-state index in [0.717, 1.165) is 17.7 Å². The van der Waals surface area contributed by atoms with E-state index in [4.69, 9.17) is 0 Å². The van der Waals surface area contributed by atoms with Crippen molar-refractivity contribution in [1.29, 1.82) is 0 Å². The van der Waals surface area contributed by atoms with Gasteiger partial charge in [-0.15, -0.1) is 0 Å². The van der Waals surface area contributed by atoms with E-state index in [1.165, 1.54) is 0 Å². The number of carboxylic acids is 1. The van der Waals surface area contributed by atoms with Crippen LogP contribution in [0.1, 0.15) is 34.7 Å². The Hall–Kier alpha value is -3.15. The average Bonchev–Trinajstić information content (AvgIpc) is 3.35. The summed E-state index contributed by atoms with van der Waals surface area (Å²) in [7, 11) is 0. The average molecular weight is 378 g/mol. The van der Waals surface area contributed by atoms with E-state index in [-0.39, 0.29) is 24.3 Å². The first-order valence-electron chi connectivity index (χ1n) is 9.52.